The zero-order valence-corrected chi connectivity index (χ0v) is 9.88. The van der Waals surface area contributed by atoms with Gasteiger partial charge >= 0.3 is 0 Å². The van der Waals surface area contributed by atoms with Crippen LogP contribution in [0.5, 0.6) is 0 Å². The SMILES string of the molecule is C=C/C=C(/C=C\C)C(\C=C)=C/C.CC. The molecule has 0 bridgehead atoms. The van der Waals surface area contributed by atoms with Crippen LogP contribution in [0.15, 0.2) is 60.8 Å². The zero-order valence-electron chi connectivity index (χ0n) is 9.88. The number of hydrogen-bond acceptors (Lipinski definition) is 0. The van der Waals surface area contributed by atoms with E-state index in [-0.39, 0.29) is 0 Å². The fourth-order valence-electron chi connectivity index (χ4n) is 0.957. The lowest BCUT2D eigenvalue weighted by Crippen LogP contribution is -1.80. The minimum absolute atomic E-state index is 1.13. The Kier molecular flexibility index (Phi) is 12.7. The lowest BCUT2D eigenvalue weighted by molar-refractivity contribution is 1.49. The minimum atomic E-state index is 1.13. The molecule has 0 fully saturated rings. The van der Waals surface area contributed by atoms with Crippen molar-refractivity contribution >= 4 is 0 Å². The summed E-state index contributed by atoms with van der Waals surface area (Å²) in [6, 6.07) is 0. The quantitative estimate of drug-likeness (QED) is 0.557. The molecule has 0 rings (SSSR count). The number of allylic oxidation sites excluding steroid dienone is 8. The first-order chi connectivity index (χ1) is 6.79. The van der Waals surface area contributed by atoms with Crippen LogP contribution in [-0.4, -0.2) is 0 Å². The molecule has 0 amide bonds. The molecule has 0 spiro atoms. The third-order valence-corrected chi connectivity index (χ3v) is 1.51. The molecule has 0 aliphatic rings. The fraction of sp³-hybridized carbons (Fsp3) is 0.286. The molecule has 0 N–H and O–H groups in total. The maximum absolute atomic E-state index is 3.74. The summed E-state index contributed by atoms with van der Waals surface area (Å²) in [6.07, 6.45) is 11.7. The van der Waals surface area contributed by atoms with E-state index in [2.05, 4.69) is 13.2 Å². The Labute approximate surface area is 89.0 Å². The second kappa shape index (κ2) is 11.7. The normalized spacial score (nSPS) is 12.0. The summed E-state index contributed by atoms with van der Waals surface area (Å²) in [5.74, 6) is 0. The summed E-state index contributed by atoms with van der Waals surface area (Å²) in [5, 5.41) is 0. The Morgan fingerprint density at radius 1 is 1.00 bits per heavy atom. The van der Waals surface area contributed by atoms with Crippen LogP contribution >= 0.6 is 0 Å². The van der Waals surface area contributed by atoms with Crippen LogP contribution in [0.4, 0.5) is 0 Å². The van der Waals surface area contributed by atoms with Crippen molar-refractivity contribution in [3.05, 3.63) is 60.8 Å². The van der Waals surface area contributed by atoms with Gasteiger partial charge in [-0.25, -0.2) is 0 Å². The maximum Gasteiger partial charge on any atom is -0.0191 e. The molecule has 0 atom stereocenters. The van der Waals surface area contributed by atoms with Gasteiger partial charge in [-0.3, -0.25) is 0 Å². The highest BCUT2D eigenvalue weighted by molar-refractivity contribution is 5.46. The number of rotatable bonds is 4. The molecule has 0 aliphatic heterocycles. The Morgan fingerprint density at radius 3 is 1.86 bits per heavy atom. The van der Waals surface area contributed by atoms with E-state index in [0.717, 1.165) is 11.1 Å². The van der Waals surface area contributed by atoms with Gasteiger partial charge < -0.3 is 0 Å². The minimum Gasteiger partial charge on any atom is -0.0990 e. The van der Waals surface area contributed by atoms with Gasteiger partial charge in [0.2, 0.25) is 0 Å². The van der Waals surface area contributed by atoms with Crippen molar-refractivity contribution < 1.29 is 0 Å². The molecule has 0 heterocycles. The number of hydrogen-bond donors (Lipinski definition) is 0. The highest BCUT2D eigenvalue weighted by Crippen LogP contribution is 2.12. The molecule has 0 aromatic carbocycles. The van der Waals surface area contributed by atoms with E-state index >= 15 is 0 Å². The summed E-state index contributed by atoms with van der Waals surface area (Å²) in [5.41, 5.74) is 2.28. The molecule has 0 aliphatic carbocycles. The molecule has 0 aromatic heterocycles. The predicted molar refractivity (Wildman–Crippen MR) is 68.4 cm³/mol. The summed E-state index contributed by atoms with van der Waals surface area (Å²) < 4.78 is 0. The van der Waals surface area contributed by atoms with Gasteiger partial charge in [-0.05, 0) is 25.0 Å². The lowest BCUT2D eigenvalue weighted by atomic mass is 10.1. The van der Waals surface area contributed by atoms with E-state index in [1.165, 1.54) is 0 Å². The predicted octanol–water partition coefficient (Wildman–Crippen LogP) is 4.83. The average molecular weight is 190 g/mol. The van der Waals surface area contributed by atoms with Gasteiger partial charge in [0.15, 0.2) is 0 Å². The molecule has 14 heavy (non-hydrogen) atoms. The molecular weight excluding hydrogens is 168 g/mol. The fourth-order valence-corrected chi connectivity index (χ4v) is 0.957. The van der Waals surface area contributed by atoms with Crippen LogP contribution in [0.25, 0.3) is 0 Å². The van der Waals surface area contributed by atoms with E-state index in [4.69, 9.17) is 0 Å². The Morgan fingerprint density at radius 2 is 1.57 bits per heavy atom. The molecular formula is C14H22. The van der Waals surface area contributed by atoms with E-state index in [0.29, 0.717) is 0 Å². The lowest BCUT2D eigenvalue weighted by Gasteiger charge is -2.00. The topological polar surface area (TPSA) is 0 Å². The smallest absolute Gasteiger partial charge is 0.0191 e. The molecule has 0 nitrogen and oxygen atoms in total. The highest BCUT2D eigenvalue weighted by atomic mass is 14.0. The van der Waals surface area contributed by atoms with E-state index in [1.54, 1.807) is 6.08 Å². The van der Waals surface area contributed by atoms with E-state index < -0.39 is 0 Å². The molecule has 0 saturated heterocycles. The van der Waals surface area contributed by atoms with Crippen LogP contribution in [0, 0.1) is 0 Å². The molecule has 0 saturated carbocycles. The Hall–Kier alpha value is -1.30. The van der Waals surface area contributed by atoms with Gasteiger partial charge in [0.05, 0.1) is 0 Å². The summed E-state index contributed by atoms with van der Waals surface area (Å²) >= 11 is 0. The largest absolute Gasteiger partial charge is 0.0990 e. The van der Waals surface area contributed by atoms with Crippen LogP contribution in [0.3, 0.4) is 0 Å². The van der Waals surface area contributed by atoms with Crippen molar-refractivity contribution in [2.45, 2.75) is 27.7 Å². The van der Waals surface area contributed by atoms with Crippen molar-refractivity contribution in [1.29, 1.82) is 0 Å². The average Bonchev–Trinajstić information content (AvgIpc) is 2.23. The Balaban J connectivity index is 0. The molecule has 0 heteroatoms. The summed E-state index contributed by atoms with van der Waals surface area (Å²) in [4.78, 5) is 0. The van der Waals surface area contributed by atoms with Gasteiger partial charge in [-0.15, -0.1) is 0 Å². The zero-order chi connectivity index (χ0) is 11.4. The van der Waals surface area contributed by atoms with Crippen molar-refractivity contribution in [3.8, 4) is 0 Å². The molecule has 0 aromatic rings. The van der Waals surface area contributed by atoms with Crippen molar-refractivity contribution in [1.82, 2.24) is 0 Å². The third kappa shape index (κ3) is 6.24. The first-order valence-electron chi connectivity index (χ1n) is 5.04. The second-order valence-corrected chi connectivity index (χ2v) is 2.31. The maximum atomic E-state index is 3.74. The van der Waals surface area contributed by atoms with E-state index in [1.807, 2.05) is 58.1 Å². The van der Waals surface area contributed by atoms with Crippen LogP contribution in [0.1, 0.15) is 27.7 Å². The Bertz CT molecular complexity index is 237. The van der Waals surface area contributed by atoms with Gasteiger partial charge in [0, 0.05) is 0 Å². The van der Waals surface area contributed by atoms with Crippen molar-refractivity contribution in [2.24, 2.45) is 0 Å². The third-order valence-electron chi connectivity index (χ3n) is 1.51. The van der Waals surface area contributed by atoms with Gasteiger partial charge in [-0.1, -0.05) is 63.5 Å². The van der Waals surface area contributed by atoms with Gasteiger partial charge in [0.25, 0.3) is 0 Å². The van der Waals surface area contributed by atoms with Crippen LogP contribution in [-0.2, 0) is 0 Å². The van der Waals surface area contributed by atoms with Gasteiger partial charge in [0.1, 0.15) is 0 Å². The molecule has 0 radical (unpaired) electrons. The molecule has 0 unspecified atom stereocenters. The standard InChI is InChI=1S/C12H16.C2H6/c1-5-9-12(10-6-2)11(7-3)8-4;1-2/h5-10H,1,3H2,2,4H3;1-2H3/b10-6-,11-8-,12-9-;. The summed E-state index contributed by atoms with van der Waals surface area (Å²) in [7, 11) is 0. The van der Waals surface area contributed by atoms with Crippen LogP contribution < -0.4 is 0 Å². The first-order valence-corrected chi connectivity index (χ1v) is 5.04. The highest BCUT2D eigenvalue weighted by Gasteiger charge is 1.92. The van der Waals surface area contributed by atoms with E-state index in [9.17, 15) is 0 Å². The monoisotopic (exact) mass is 190 g/mol. The molecule has 78 valence electrons. The van der Waals surface area contributed by atoms with Crippen molar-refractivity contribution in [2.75, 3.05) is 0 Å². The van der Waals surface area contributed by atoms with Crippen molar-refractivity contribution in [3.63, 3.8) is 0 Å². The van der Waals surface area contributed by atoms with Crippen LogP contribution in [0.2, 0.25) is 0 Å². The second-order valence-electron chi connectivity index (χ2n) is 2.31. The van der Waals surface area contributed by atoms with Gasteiger partial charge in [-0.2, -0.15) is 0 Å². The summed E-state index contributed by atoms with van der Waals surface area (Å²) in [6.45, 7) is 15.4. The first kappa shape index (κ1) is 15.2.